The fraction of sp³-hybridized carbons (Fsp3) is 0.167. The second kappa shape index (κ2) is 6.95. The number of furan rings is 1. The van der Waals surface area contributed by atoms with Crippen molar-refractivity contribution < 1.29 is 9.21 Å². The highest BCUT2D eigenvalue weighted by atomic mass is 16.3. The molecular formula is C18H18N4O2. The van der Waals surface area contributed by atoms with Crippen LogP contribution in [0.25, 0.3) is 0 Å². The van der Waals surface area contributed by atoms with E-state index >= 15 is 0 Å². The Morgan fingerprint density at radius 1 is 1.12 bits per heavy atom. The van der Waals surface area contributed by atoms with E-state index in [1.807, 2.05) is 38.1 Å². The maximum atomic E-state index is 12.3. The molecule has 0 atom stereocenters. The summed E-state index contributed by atoms with van der Waals surface area (Å²) in [6, 6.07) is 13.1. The lowest BCUT2D eigenvalue weighted by Gasteiger charge is -2.09. The molecular weight excluding hydrogens is 304 g/mol. The average Bonchev–Trinajstić information content (AvgIpc) is 3.05. The minimum atomic E-state index is -0.274. The molecule has 0 fully saturated rings. The van der Waals surface area contributed by atoms with Gasteiger partial charge in [-0.05, 0) is 49.7 Å². The van der Waals surface area contributed by atoms with Crippen LogP contribution in [-0.2, 0) is 6.54 Å². The van der Waals surface area contributed by atoms with Gasteiger partial charge in [0.25, 0.3) is 5.91 Å². The molecule has 0 spiro atoms. The first kappa shape index (κ1) is 15.7. The number of nitrogens with zero attached hydrogens (tertiary/aromatic N) is 2. The number of nitrogens with one attached hydrogen (secondary N) is 2. The highest BCUT2D eigenvalue weighted by Gasteiger charge is 2.11. The van der Waals surface area contributed by atoms with Gasteiger partial charge in [-0.15, -0.1) is 0 Å². The third-order valence-corrected chi connectivity index (χ3v) is 3.36. The maximum absolute atomic E-state index is 12.3. The summed E-state index contributed by atoms with van der Waals surface area (Å²) < 4.78 is 5.20. The van der Waals surface area contributed by atoms with Crippen LogP contribution in [0.4, 0.5) is 11.6 Å². The summed E-state index contributed by atoms with van der Waals surface area (Å²) in [7, 11) is 0. The molecule has 2 heterocycles. The van der Waals surface area contributed by atoms with Gasteiger partial charge in [0.15, 0.2) is 0 Å². The Kier molecular flexibility index (Phi) is 4.56. The summed E-state index contributed by atoms with van der Waals surface area (Å²) >= 11 is 0. The fourth-order valence-electron chi connectivity index (χ4n) is 2.26. The highest BCUT2D eigenvalue weighted by molar-refractivity contribution is 5.92. The SMILES string of the molecule is Cc1cccc(Nc2nc(C)cc(C(=O)NCc3ccco3)n2)c1. The van der Waals surface area contributed by atoms with Gasteiger partial charge in [-0.3, -0.25) is 4.79 Å². The van der Waals surface area contributed by atoms with Crippen molar-refractivity contribution >= 4 is 17.5 Å². The van der Waals surface area contributed by atoms with E-state index in [9.17, 15) is 4.79 Å². The topological polar surface area (TPSA) is 80.0 Å². The van der Waals surface area contributed by atoms with Gasteiger partial charge in [-0.1, -0.05) is 12.1 Å². The first-order valence-corrected chi connectivity index (χ1v) is 7.60. The molecule has 0 saturated carbocycles. The number of aryl methyl sites for hydroxylation is 2. The molecule has 122 valence electrons. The van der Waals surface area contributed by atoms with Crippen LogP contribution in [0.15, 0.2) is 53.1 Å². The van der Waals surface area contributed by atoms with Gasteiger partial charge >= 0.3 is 0 Å². The van der Waals surface area contributed by atoms with Gasteiger partial charge in [-0.25, -0.2) is 9.97 Å². The number of hydrogen-bond donors (Lipinski definition) is 2. The van der Waals surface area contributed by atoms with Crippen LogP contribution < -0.4 is 10.6 Å². The first-order valence-electron chi connectivity index (χ1n) is 7.60. The predicted molar refractivity (Wildman–Crippen MR) is 91.1 cm³/mol. The summed E-state index contributed by atoms with van der Waals surface area (Å²) in [6.45, 7) is 4.15. The molecule has 0 aliphatic heterocycles. The molecule has 2 N–H and O–H groups in total. The number of carbonyl (C=O) groups excluding carboxylic acids is 1. The van der Waals surface area contributed by atoms with Crippen LogP contribution in [0.2, 0.25) is 0 Å². The average molecular weight is 322 g/mol. The zero-order valence-electron chi connectivity index (χ0n) is 13.5. The van der Waals surface area contributed by atoms with Crippen molar-refractivity contribution in [2.75, 3.05) is 5.32 Å². The third kappa shape index (κ3) is 3.98. The minimum absolute atomic E-state index is 0.274. The van der Waals surface area contributed by atoms with Gasteiger partial charge in [0.1, 0.15) is 11.5 Å². The Balaban J connectivity index is 1.74. The van der Waals surface area contributed by atoms with Crippen LogP contribution in [0.3, 0.4) is 0 Å². The lowest BCUT2D eigenvalue weighted by molar-refractivity contribution is 0.0943. The molecule has 0 bridgehead atoms. The first-order chi connectivity index (χ1) is 11.6. The van der Waals surface area contributed by atoms with Crippen molar-refractivity contribution in [1.29, 1.82) is 0 Å². The molecule has 0 radical (unpaired) electrons. The van der Waals surface area contributed by atoms with E-state index < -0.39 is 0 Å². The normalized spacial score (nSPS) is 10.4. The Hall–Kier alpha value is -3.15. The number of aromatic nitrogens is 2. The number of anilines is 2. The van der Waals surface area contributed by atoms with E-state index in [2.05, 4.69) is 20.6 Å². The highest BCUT2D eigenvalue weighted by Crippen LogP contribution is 2.15. The number of hydrogen-bond acceptors (Lipinski definition) is 5. The largest absolute Gasteiger partial charge is 0.467 e. The molecule has 2 aromatic heterocycles. The van der Waals surface area contributed by atoms with Crippen LogP contribution in [0, 0.1) is 13.8 Å². The molecule has 3 rings (SSSR count). The molecule has 3 aromatic rings. The molecule has 0 aliphatic carbocycles. The zero-order valence-corrected chi connectivity index (χ0v) is 13.5. The summed E-state index contributed by atoms with van der Waals surface area (Å²) in [5.41, 5.74) is 3.03. The number of benzene rings is 1. The Labute approximate surface area is 140 Å². The molecule has 1 amide bonds. The van der Waals surface area contributed by atoms with Crippen molar-refractivity contribution in [1.82, 2.24) is 15.3 Å². The monoisotopic (exact) mass is 322 g/mol. The van der Waals surface area contributed by atoms with Crippen molar-refractivity contribution in [3.05, 3.63) is 71.4 Å². The van der Waals surface area contributed by atoms with E-state index in [1.54, 1.807) is 24.5 Å². The third-order valence-electron chi connectivity index (χ3n) is 3.36. The quantitative estimate of drug-likeness (QED) is 0.753. The van der Waals surface area contributed by atoms with Gasteiger partial charge in [0.2, 0.25) is 5.95 Å². The fourth-order valence-corrected chi connectivity index (χ4v) is 2.26. The van der Waals surface area contributed by atoms with E-state index in [0.29, 0.717) is 29.6 Å². The van der Waals surface area contributed by atoms with Crippen molar-refractivity contribution in [3.63, 3.8) is 0 Å². The second-order valence-corrected chi connectivity index (χ2v) is 5.47. The van der Waals surface area contributed by atoms with E-state index in [4.69, 9.17) is 4.42 Å². The van der Waals surface area contributed by atoms with Gasteiger partial charge < -0.3 is 15.1 Å². The van der Waals surface area contributed by atoms with E-state index in [-0.39, 0.29) is 5.91 Å². The Bertz CT molecular complexity index is 844. The molecule has 24 heavy (non-hydrogen) atoms. The summed E-state index contributed by atoms with van der Waals surface area (Å²) in [5.74, 6) is 0.806. The van der Waals surface area contributed by atoms with Gasteiger partial charge in [-0.2, -0.15) is 0 Å². The standard InChI is InChI=1S/C18H18N4O2/c1-12-5-3-6-14(9-12)21-18-20-13(2)10-16(22-18)17(23)19-11-15-7-4-8-24-15/h3-10H,11H2,1-2H3,(H,19,23)(H,20,21,22). The summed E-state index contributed by atoms with van der Waals surface area (Å²) in [6.07, 6.45) is 1.57. The summed E-state index contributed by atoms with van der Waals surface area (Å²) in [5, 5.41) is 5.91. The lowest BCUT2D eigenvalue weighted by atomic mass is 10.2. The van der Waals surface area contributed by atoms with E-state index in [1.165, 1.54) is 0 Å². The van der Waals surface area contributed by atoms with Crippen molar-refractivity contribution in [2.24, 2.45) is 0 Å². The zero-order chi connectivity index (χ0) is 16.9. The van der Waals surface area contributed by atoms with E-state index in [0.717, 1.165) is 11.3 Å². The number of rotatable bonds is 5. The summed E-state index contributed by atoms with van der Waals surface area (Å²) in [4.78, 5) is 20.9. The van der Waals surface area contributed by atoms with Crippen molar-refractivity contribution in [3.8, 4) is 0 Å². The lowest BCUT2D eigenvalue weighted by Crippen LogP contribution is -2.24. The predicted octanol–water partition coefficient (Wildman–Crippen LogP) is 3.36. The molecule has 1 aromatic carbocycles. The molecule has 0 unspecified atom stereocenters. The molecule has 0 saturated heterocycles. The molecule has 0 aliphatic rings. The maximum Gasteiger partial charge on any atom is 0.270 e. The minimum Gasteiger partial charge on any atom is -0.467 e. The van der Waals surface area contributed by atoms with Crippen LogP contribution >= 0.6 is 0 Å². The number of carbonyl (C=O) groups is 1. The van der Waals surface area contributed by atoms with Crippen LogP contribution in [0.5, 0.6) is 0 Å². The number of amides is 1. The Morgan fingerprint density at radius 3 is 2.75 bits per heavy atom. The van der Waals surface area contributed by atoms with Gasteiger partial charge in [0, 0.05) is 11.4 Å². The Morgan fingerprint density at radius 2 is 2.00 bits per heavy atom. The van der Waals surface area contributed by atoms with Crippen LogP contribution in [0.1, 0.15) is 27.5 Å². The van der Waals surface area contributed by atoms with Crippen molar-refractivity contribution in [2.45, 2.75) is 20.4 Å². The molecule has 6 heteroatoms. The smallest absolute Gasteiger partial charge is 0.270 e. The van der Waals surface area contributed by atoms with Crippen LogP contribution in [-0.4, -0.2) is 15.9 Å². The molecule has 6 nitrogen and oxygen atoms in total. The second-order valence-electron chi connectivity index (χ2n) is 5.47. The van der Waals surface area contributed by atoms with Gasteiger partial charge in [0.05, 0.1) is 12.8 Å².